The van der Waals surface area contributed by atoms with Gasteiger partial charge in [-0.1, -0.05) is 12.1 Å². The zero-order chi connectivity index (χ0) is 24.8. The monoisotopic (exact) mass is 501 g/mol. The van der Waals surface area contributed by atoms with E-state index >= 15 is 0 Å². The minimum absolute atomic E-state index is 0.177. The molecule has 1 fully saturated rings. The van der Waals surface area contributed by atoms with Crippen LogP contribution in [0, 0.1) is 5.82 Å². The van der Waals surface area contributed by atoms with Gasteiger partial charge in [-0.25, -0.2) is 14.3 Å². The summed E-state index contributed by atoms with van der Waals surface area (Å²) in [6.07, 6.45) is -6.58. The molecule has 1 aromatic heterocycles. The number of thiazole rings is 1. The minimum atomic E-state index is -6.80. The second kappa shape index (κ2) is 8.35. The summed E-state index contributed by atoms with van der Waals surface area (Å²) < 4.78 is 106. The molecule has 0 saturated carbocycles. The number of carbonyl (C=O) groups is 3. The van der Waals surface area contributed by atoms with Gasteiger partial charge in [0, 0.05) is 18.1 Å². The van der Waals surface area contributed by atoms with Gasteiger partial charge in [0.05, 0.1) is 6.42 Å². The Kier molecular flexibility index (Phi) is 6.21. The van der Waals surface area contributed by atoms with Gasteiger partial charge in [0.2, 0.25) is 5.91 Å². The second-order valence-corrected chi connectivity index (χ2v) is 7.68. The van der Waals surface area contributed by atoms with Gasteiger partial charge in [-0.3, -0.25) is 14.4 Å². The summed E-state index contributed by atoms with van der Waals surface area (Å²) in [5.74, 6) is -19.3. The normalized spacial score (nSPS) is 17.6. The maximum absolute atomic E-state index is 14.2. The van der Waals surface area contributed by atoms with Gasteiger partial charge in [-0.15, -0.1) is 11.3 Å². The molecule has 3 amide bonds. The Morgan fingerprint density at radius 1 is 1.09 bits per heavy atom. The molecule has 0 N–H and O–H groups in total. The number of amides is 3. The number of hydrogen-bond acceptors (Lipinski definition) is 5. The van der Waals surface area contributed by atoms with Gasteiger partial charge in [0.15, 0.2) is 5.13 Å². The fraction of sp³-hybridized carbons (Fsp3) is 0.333. The molecule has 3 rings (SSSR count). The lowest BCUT2D eigenvalue weighted by Crippen LogP contribution is -2.62. The number of alkyl halides is 7. The molecule has 0 bridgehead atoms. The number of benzene rings is 1. The summed E-state index contributed by atoms with van der Waals surface area (Å²) in [6.45, 7) is -1.09. The van der Waals surface area contributed by atoms with Gasteiger partial charge >= 0.3 is 23.9 Å². The van der Waals surface area contributed by atoms with E-state index < -0.39 is 60.6 Å². The summed E-state index contributed by atoms with van der Waals surface area (Å²) in [7, 11) is 0. The van der Waals surface area contributed by atoms with Gasteiger partial charge in [0.1, 0.15) is 11.9 Å². The van der Waals surface area contributed by atoms with E-state index in [1.54, 1.807) is 0 Å². The van der Waals surface area contributed by atoms with E-state index in [-0.39, 0.29) is 15.6 Å². The van der Waals surface area contributed by atoms with Crippen molar-refractivity contribution in [1.29, 1.82) is 0 Å². The van der Waals surface area contributed by atoms with Crippen LogP contribution in [0.25, 0.3) is 0 Å². The number of anilines is 1. The Labute approximate surface area is 183 Å². The average Bonchev–Trinajstić information content (AvgIpc) is 3.33. The third-order valence-electron chi connectivity index (χ3n) is 4.66. The summed E-state index contributed by atoms with van der Waals surface area (Å²) >= 11 is 0.780. The highest BCUT2D eigenvalue weighted by molar-refractivity contribution is 7.14. The van der Waals surface area contributed by atoms with Crippen molar-refractivity contribution in [1.82, 2.24) is 9.88 Å². The van der Waals surface area contributed by atoms with Crippen LogP contribution < -0.4 is 4.90 Å². The van der Waals surface area contributed by atoms with E-state index in [0.717, 1.165) is 35.6 Å². The molecule has 2 heterocycles. The van der Waals surface area contributed by atoms with Crippen LogP contribution >= 0.6 is 11.3 Å². The predicted molar refractivity (Wildman–Crippen MR) is 95.9 cm³/mol. The smallest absolute Gasteiger partial charge is 0.320 e. The Bertz CT molecular complexity index is 1060. The lowest BCUT2D eigenvalue weighted by molar-refractivity contribution is -0.346. The number of carbonyl (C=O) groups excluding carboxylic acids is 3. The topological polar surface area (TPSA) is 70.6 Å². The van der Waals surface area contributed by atoms with E-state index in [1.807, 2.05) is 0 Å². The zero-order valence-electron chi connectivity index (χ0n) is 16.0. The SMILES string of the molecule is O=C1C[C@@H](N(Cc2ccc(F)cc2)C(=O)C(F)(F)C(F)(F)C(F)(F)F)C(=O)N1c1nccs1. The van der Waals surface area contributed by atoms with Gasteiger partial charge in [-0.2, -0.15) is 30.7 Å². The molecule has 0 spiro atoms. The van der Waals surface area contributed by atoms with Crippen LogP contribution in [-0.4, -0.2) is 51.7 Å². The van der Waals surface area contributed by atoms with Gasteiger partial charge < -0.3 is 4.90 Å². The maximum Gasteiger partial charge on any atom is 0.460 e. The van der Waals surface area contributed by atoms with Crippen LogP contribution in [0.15, 0.2) is 35.8 Å². The standard InChI is InChI=1S/C18H11F8N3O3S/c19-10-3-1-9(2-4-10)8-28(14(32)16(20,21)17(22,23)18(24,25)26)11-7-12(30)29(13(11)31)15-27-5-6-33-15/h1-6,11H,7-8H2/t11-/m1/s1. The van der Waals surface area contributed by atoms with Crippen molar-refractivity contribution in [2.45, 2.75) is 37.0 Å². The van der Waals surface area contributed by atoms with Crippen LogP contribution in [-0.2, 0) is 20.9 Å². The first-order chi connectivity index (χ1) is 15.2. The van der Waals surface area contributed by atoms with Crippen LogP contribution in [0.2, 0.25) is 0 Å². The zero-order valence-corrected chi connectivity index (χ0v) is 16.8. The van der Waals surface area contributed by atoms with E-state index in [4.69, 9.17) is 0 Å². The molecule has 15 heteroatoms. The molecule has 0 radical (unpaired) electrons. The number of halogens is 8. The lowest BCUT2D eigenvalue weighted by Gasteiger charge is -2.34. The molecule has 178 valence electrons. The fourth-order valence-corrected chi connectivity index (χ4v) is 3.65. The van der Waals surface area contributed by atoms with Crippen molar-refractivity contribution in [3.05, 3.63) is 47.2 Å². The van der Waals surface area contributed by atoms with Crippen molar-refractivity contribution in [2.75, 3.05) is 4.90 Å². The highest BCUT2D eigenvalue weighted by Crippen LogP contribution is 2.48. The van der Waals surface area contributed by atoms with E-state index in [0.29, 0.717) is 4.90 Å². The molecule has 33 heavy (non-hydrogen) atoms. The highest BCUT2D eigenvalue weighted by atomic mass is 32.1. The third kappa shape index (κ3) is 4.28. The Balaban J connectivity index is 2.03. The van der Waals surface area contributed by atoms with Crippen molar-refractivity contribution < 1.29 is 49.5 Å². The molecule has 1 saturated heterocycles. The van der Waals surface area contributed by atoms with Crippen molar-refractivity contribution in [3.63, 3.8) is 0 Å². The Morgan fingerprint density at radius 2 is 1.70 bits per heavy atom. The number of nitrogens with zero attached hydrogens (tertiary/aromatic N) is 3. The van der Waals surface area contributed by atoms with Crippen LogP contribution in [0.5, 0.6) is 0 Å². The molecule has 1 atom stereocenters. The first-order valence-electron chi connectivity index (χ1n) is 8.82. The lowest BCUT2D eigenvalue weighted by atomic mass is 10.1. The summed E-state index contributed by atoms with van der Waals surface area (Å²) in [5.41, 5.74) is -0.177. The molecule has 0 aliphatic carbocycles. The Hall–Kier alpha value is -3.10. The molecule has 1 aromatic carbocycles. The third-order valence-corrected chi connectivity index (χ3v) is 5.41. The molecular formula is C18H11F8N3O3S. The number of rotatable bonds is 6. The number of aromatic nitrogens is 1. The van der Waals surface area contributed by atoms with Gasteiger partial charge in [-0.05, 0) is 17.7 Å². The summed E-state index contributed by atoms with van der Waals surface area (Å²) in [4.78, 5) is 41.3. The van der Waals surface area contributed by atoms with Crippen LogP contribution in [0.3, 0.4) is 0 Å². The van der Waals surface area contributed by atoms with Crippen LogP contribution in [0.4, 0.5) is 40.3 Å². The molecule has 6 nitrogen and oxygen atoms in total. The van der Waals surface area contributed by atoms with Crippen LogP contribution in [0.1, 0.15) is 12.0 Å². The molecule has 1 aliphatic heterocycles. The van der Waals surface area contributed by atoms with E-state index in [1.165, 1.54) is 11.6 Å². The average molecular weight is 501 g/mol. The van der Waals surface area contributed by atoms with Gasteiger partial charge in [0.25, 0.3) is 5.91 Å². The first-order valence-corrected chi connectivity index (χ1v) is 9.70. The number of imide groups is 1. The Morgan fingerprint density at radius 3 is 2.21 bits per heavy atom. The number of hydrogen-bond donors (Lipinski definition) is 0. The highest BCUT2D eigenvalue weighted by Gasteiger charge is 2.77. The van der Waals surface area contributed by atoms with E-state index in [2.05, 4.69) is 4.98 Å². The quantitative estimate of drug-likeness (QED) is 0.447. The molecule has 0 unspecified atom stereocenters. The van der Waals surface area contributed by atoms with Crippen molar-refractivity contribution in [3.8, 4) is 0 Å². The largest absolute Gasteiger partial charge is 0.460 e. The van der Waals surface area contributed by atoms with E-state index in [9.17, 15) is 49.5 Å². The predicted octanol–water partition coefficient (Wildman–Crippen LogP) is 3.78. The minimum Gasteiger partial charge on any atom is -0.320 e. The van der Waals surface area contributed by atoms with Crippen molar-refractivity contribution >= 4 is 34.2 Å². The van der Waals surface area contributed by atoms with Crippen molar-refractivity contribution in [2.24, 2.45) is 0 Å². The first kappa shape index (κ1) is 24.5. The fourth-order valence-electron chi connectivity index (χ4n) is 2.99. The molecule has 1 aliphatic rings. The summed E-state index contributed by atoms with van der Waals surface area (Å²) in [6, 6.07) is 1.37. The molecule has 2 aromatic rings. The second-order valence-electron chi connectivity index (χ2n) is 6.81. The molecular weight excluding hydrogens is 490 g/mol. The summed E-state index contributed by atoms with van der Waals surface area (Å²) in [5, 5.41) is 1.14. The maximum atomic E-state index is 14.2.